The Labute approximate surface area is 126 Å². The van der Waals surface area contributed by atoms with E-state index in [0.717, 1.165) is 32.6 Å². The Balaban J connectivity index is 1.82. The molecule has 120 valence electrons. The van der Waals surface area contributed by atoms with Crippen molar-refractivity contribution in [1.82, 2.24) is 14.7 Å². The Kier molecular flexibility index (Phi) is 4.76. The molecule has 0 radical (unpaired) electrons. The Morgan fingerprint density at radius 2 is 1.67 bits per heavy atom. The Hall–Kier alpha value is -1.30. The summed E-state index contributed by atoms with van der Waals surface area (Å²) < 4.78 is 0. The van der Waals surface area contributed by atoms with Crippen LogP contribution in [0.4, 0.5) is 4.79 Å². The number of hydrogen-bond donors (Lipinski definition) is 1. The van der Waals surface area contributed by atoms with Gasteiger partial charge in [0.15, 0.2) is 0 Å². The van der Waals surface area contributed by atoms with Crippen molar-refractivity contribution >= 4 is 12.0 Å². The predicted molar refractivity (Wildman–Crippen MR) is 80.2 cm³/mol. The third-order valence-electron chi connectivity index (χ3n) is 4.52. The first-order chi connectivity index (χ1) is 9.77. The molecule has 21 heavy (non-hydrogen) atoms. The first-order valence-electron chi connectivity index (χ1n) is 7.78. The van der Waals surface area contributed by atoms with Gasteiger partial charge in [-0.05, 0) is 33.1 Å². The first kappa shape index (κ1) is 16.1. The molecule has 1 N–H and O–H groups in total. The molecule has 6 heteroatoms. The molecule has 0 aromatic heterocycles. The van der Waals surface area contributed by atoms with E-state index >= 15 is 0 Å². The lowest BCUT2D eigenvalue weighted by atomic mass is 10.1. The number of hydrogen-bond acceptors (Lipinski definition) is 3. The number of nitrogens with zero attached hydrogens (tertiary/aromatic N) is 3. The number of carbonyl (C=O) groups is 2. The van der Waals surface area contributed by atoms with Gasteiger partial charge in [-0.25, -0.2) is 4.79 Å². The third-order valence-corrected chi connectivity index (χ3v) is 4.52. The molecule has 0 bridgehead atoms. The topological polar surface area (TPSA) is 64.1 Å². The maximum atomic E-state index is 12.5. The summed E-state index contributed by atoms with van der Waals surface area (Å²) in [6.07, 6.45) is 0.974. The smallest absolute Gasteiger partial charge is 0.320 e. The minimum absolute atomic E-state index is 0.0800. The molecule has 0 spiro atoms. The maximum Gasteiger partial charge on any atom is 0.320 e. The average Bonchev–Trinajstić information content (AvgIpc) is 2.84. The molecule has 2 aliphatic heterocycles. The van der Waals surface area contributed by atoms with E-state index in [4.69, 9.17) is 5.11 Å². The molecule has 1 atom stereocenters. The van der Waals surface area contributed by atoms with Crippen LogP contribution in [0.2, 0.25) is 0 Å². The third kappa shape index (κ3) is 4.09. The van der Waals surface area contributed by atoms with Gasteiger partial charge >= 0.3 is 12.0 Å². The van der Waals surface area contributed by atoms with Crippen LogP contribution in [-0.2, 0) is 4.79 Å². The summed E-state index contributed by atoms with van der Waals surface area (Å²) in [5.41, 5.74) is 0.148. The lowest BCUT2D eigenvalue weighted by Gasteiger charge is -2.43. The molecular formula is C15H27N3O3. The van der Waals surface area contributed by atoms with E-state index < -0.39 is 5.97 Å². The molecule has 2 saturated heterocycles. The van der Waals surface area contributed by atoms with Crippen molar-refractivity contribution in [3.8, 4) is 0 Å². The van der Waals surface area contributed by atoms with Crippen molar-refractivity contribution in [2.45, 2.75) is 39.2 Å². The van der Waals surface area contributed by atoms with Gasteiger partial charge < -0.3 is 14.9 Å². The lowest BCUT2D eigenvalue weighted by Crippen LogP contribution is -2.56. The molecule has 2 rings (SSSR count). The highest BCUT2D eigenvalue weighted by molar-refractivity contribution is 5.75. The molecule has 2 fully saturated rings. The van der Waals surface area contributed by atoms with Crippen LogP contribution < -0.4 is 0 Å². The molecule has 2 aliphatic rings. The molecule has 2 amide bonds. The summed E-state index contributed by atoms with van der Waals surface area (Å²) in [5.74, 6) is -0.657. The molecule has 0 aromatic carbocycles. The lowest BCUT2D eigenvalue weighted by molar-refractivity contribution is -0.138. The number of carbonyl (C=O) groups excluding carboxylic acids is 1. The Morgan fingerprint density at radius 1 is 1.05 bits per heavy atom. The summed E-state index contributed by atoms with van der Waals surface area (Å²) in [7, 11) is 0. The van der Waals surface area contributed by atoms with Gasteiger partial charge in [-0.15, -0.1) is 0 Å². The van der Waals surface area contributed by atoms with Gasteiger partial charge in [-0.1, -0.05) is 0 Å². The zero-order chi connectivity index (χ0) is 15.6. The quantitative estimate of drug-likeness (QED) is 0.835. The number of carboxylic acids is 1. The number of urea groups is 1. The second-order valence-corrected chi connectivity index (χ2v) is 7.13. The molecule has 6 nitrogen and oxygen atoms in total. The van der Waals surface area contributed by atoms with E-state index in [9.17, 15) is 9.59 Å². The van der Waals surface area contributed by atoms with Crippen LogP contribution >= 0.6 is 0 Å². The summed E-state index contributed by atoms with van der Waals surface area (Å²) in [6, 6.07) is 0.0800. The molecular weight excluding hydrogens is 270 g/mol. The number of rotatable bonds is 2. The van der Waals surface area contributed by atoms with Gasteiger partial charge in [0.2, 0.25) is 0 Å². The SMILES string of the molecule is CC(C)(C)N1CCN(C(=O)N2CCC(CC(=O)O)C2)CC1. The molecule has 1 unspecified atom stereocenters. The van der Waals surface area contributed by atoms with Gasteiger partial charge in [-0.3, -0.25) is 9.69 Å². The predicted octanol–water partition coefficient (Wildman–Crippen LogP) is 1.32. The average molecular weight is 297 g/mol. The monoisotopic (exact) mass is 297 g/mol. The van der Waals surface area contributed by atoms with Crippen LogP contribution in [-0.4, -0.2) is 76.6 Å². The Bertz CT molecular complexity index is 397. The van der Waals surface area contributed by atoms with E-state index in [-0.39, 0.29) is 23.9 Å². The Morgan fingerprint density at radius 3 is 2.19 bits per heavy atom. The largest absolute Gasteiger partial charge is 0.481 e. The van der Waals surface area contributed by atoms with E-state index in [1.807, 2.05) is 9.80 Å². The van der Waals surface area contributed by atoms with Crippen LogP contribution in [0, 0.1) is 5.92 Å². The highest BCUT2D eigenvalue weighted by atomic mass is 16.4. The van der Waals surface area contributed by atoms with Gasteiger partial charge in [0.25, 0.3) is 0 Å². The fraction of sp³-hybridized carbons (Fsp3) is 0.867. The number of carboxylic acid groups (broad SMARTS) is 1. The maximum absolute atomic E-state index is 12.5. The number of amides is 2. The standard InChI is InChI=1S/C15H27N3O3/c1-15(2,3)18-8-6-16(7-9-18)14(21)17-5-4-12(11-17)10-13(19)20/h12H,4-11H2,1-3H3,(H,19,20). The second kappa shape index (κ2) is 6.22. The van der Waals surface area contributed by atoms with Crippen LogP contribution in [0.15, 0.2) is 0 Å². The van der Waals surface area contributed by atoms with Gasteiger partial charge in [0.05, 0.1) is 0 Å². The highest BCUT2D eigenvalue weighted by Gasteiger charge is 2.33. The minimum atomic E-state index is -0.770. The first-order valence-corrected chi connectivity index (χ1v) is 7.78. The van der Waals surface area contributed by atoms with Gasteiger partial charge in [0, 0.05) is 51.2 Å². The molecule has 2 heterocycles. The summed E-state index contributed by atoms with van der Waals surface area (Å²) in [4.78, 5) is 29.3. The van der Waals surface area contributed by atoms with Gasteiger partial charge in [-0.2, -0.15) is 0 Å². The second-order valence-electron chi connectivity index (χ2n) is 7.13. The van der Waals surface area contributed by atoms with Gasteiger partial charge in [0.1, 0.15) is 0 Å². The summed E-state index contributed by atoms with van der Waals surface area (Å²) in [6.45, 7) is 11.2. The van der Waals surface area contributed by atoms with Crippen molar-refractivity contribution in [1.29, 1.82) is 0 Å². The number of likely N-dealkylation sites (tertiary alicyclic amines) is 1. The summed E-state index contributed by atoms with van der Waals surface area (Å²) >= 11 is 0. The van der Waals surface area contributed by atoms with Crippen molar-refractivity contribution in [3.05, 3.63) is 0 Å². The molecule has 0 saturated carbocycles. The van der Waals surface area contributed by atoms with E-state index in [1.54, 1.807) is 0 Å². The van der Waals surface area contributed by atoms with Crippen molar-refractivity contribution in [2.75, 3.05) is 39.3 Å². The fourth-order valence-corrected chi connectivity index (χ4v) is 3.19. The molecule has 0 aliphatic carbocycles. The highest BCUT2D eigenvalue weighted by Crippen LogP contribution is 2.22. The minimum Gasteiger partial charge on any atom is -0.481 e. The van der Waals surface area contributed by atoms with E-state index in [1.165, 1.54) is 0 Å². The van der Waals surface area contributed by atoms with Crippen molar-refractivity contribution in [3.63, 3.8) is 0 Å². The fourth-order valence-electron chi connectivity index (χ4n) is 3.19. The van der Waals surface area contributed by atoms with Crippen molar-refractivity contribution < 1.29 is 14.7 Å². The van der Waals surface area contributed by atoms with E-state index in [2.05, 4.69) is 25.7 Å². The van der Waals surface area contributed by atoms with Crippen molar-refractivity contribution in [2.24, 2.45) is 5.92 Å². The number of piperazine rings is 1. The van der Waals surface area contributed by atoms with Crippen LogP contribution in [0.1, 0.15) is 33.6 Å². The molecule has 0 aromatic rings. The zero-order valence-corrected chi connectivity index (χ0v) is 13.3. The van der Waals surface area contributed by atoms with Crippen LogP contribution in [0.25, 0.3) is 0 Å². The van der Waals surface area contributed by atoms with Crippen LogP contribution in [0.5, 0.6) is 0 Å². The van der Waals surface area contributed by atoms with Crippen LogP contribution in [0.3, 0.4) is 0 Å². The normalized spacial score (nSPS) is 24.4. The zero-order valence-electron chi connectivity index (χ0n) is 13.3. The van der Waals surface area contributed by atoms with E-state index in [0.29, 0.717) is 13.1 Å². The summed E-state index contributed by atoms with van der Waals surface area (Å²) in [5, 5.41) is 8.83. The number of aliphatic carboxylic acids is 1.